The molecule has 102 valence electrons. The highest BCUT2D eigenvalue weighted by Gasteiger charge is 2.11. The number of hydrogen-bond acceptors (Lipinski definition) is 4. The second kappa shape index (κ2) is 5.66. The number of aryl methyl sites for hydroxylation is 2. The molecule has 0 unspecified atom stereocenters. The van der Waals surface area contributed by atoms with E-state index >= 15 is 0 Å². The van der Waals surface area contributed by atoms with Crippen molar-refractivity contribution in [2.24, 2.45) is 0 Å². The first-order chi connectivity index (χ1) is 9.86. The fraction of sp³-hybridized carbons (Fsp3) is 0.333. The summed E-state index contributed by atoms with van der Waals surface area (Å²) in [4.78, 5) is 6.98. The third-order valence-electron chi connectivity index (χ3n) is 3.30. The number of nitriles is 1. The van der Waals surface area contributed by atoms with Gasteiger partial charge in [-0.1, -0.05) is 6.07 Å². The molecule has 20 heavy (non-hydrogen) atoms. The Morgan fingerprint density at radius 1 is 1.20 bits per heavy atom. The van der Waals surface area contributed by atoms with Gasteiger partial charge < -0.3 is 14.5 Å². The molecule has 1 aliphatic rings. The van der Waals surface area contributed by atoms with Crippen molar-refractivity contribution in [2.75, 3.05) is 13.2 Å². The molecule has 0 radical (unpaired) electrons. The Morgan fingerprint density at radius 3 is 2.90 bits per heavy atom. The third-order valence-corrected chi connectivity index (χ3v) is 3.30. The van der Waals surface area contributed by atoms with Gasteiger partial charge in [-0.3, -0.25) is 0 Å². The average molecular weight is 269 g/mol. The molecule has 0 saturated carbocycles. The van der Waals surface area contributed by atoms with Crippen LogP contribution in [0.4, 0.5) is 0 Å². The van der Waals surface area contributed by atoms with Gasteiger partial charge in [0.1, 0.15) is 6.07 Å². The summed E-state index contributed by atoms with van der Waals surface area (Å²) >= 11 is 0. The van der Waals surface area contributed by atoms with E-state index in [9.17, 15) is 0 Å². The molecule has 0 spiro atoms. The van der Waals surface area contributed by atoms with Gasteiger partial charge >= 0.3 is 0 Å². The summed E-state index contributed by atoms with van der Waals surface area (Å²) in [6, 6.07) is 8.09. The van der Waals surface area contributed by atoms with Crippen LogP contribution in [0.25, 0.3) is 0 Å². The van der Waals surface area contributed by atoms with Crippen molar-refractivity contribution < 1.29 is 9.47 Å². The molecule has 0 atom stereocenters. The molecule has 3 rings (SSSR count). The van der Waals surface area contributed by atoms with Crippen LogP contribution in [-0.2, 0) is 12.8 Å². The molecule has 2 aromatic rings. The highest BCUT2D eigenvalue weighted by molar-refractivity contribution is 5.43. The van der Waals surface area contributed by atoms with Gasteiger partial charge in [0.25, 0.3) is 0 Å². The van der Waals surface area contributed by atoms with Crippen LogP contribution >= 0.6 is 0 Å². The SMILES string of the molecule is N#Cc1nc[nH]c1CCc1ccc2c(c1)OCCCO2. The maximum atomic E-state index is 8.92. The highest BCUT2D eigenvalue weighted by atomic mass is 16.5. The first kappa shape index (κ1) is 12.5. The van der Waals surface area contributed by atoms with Crippen molar-refractivity contribution in [1.29, 1.82) is 5.26 Å². The van der Waals surface area contributed by atoms with Gasteiger partial charge in [-0.25, -0.2) is 4.98 Å². The van der Waals surface area contributed by atoms with Crippen molar-refractivity contribution in [2.45, 2.75) is 19.3 Å². The summed E-state index contributed by atoms with van der Waals surface area (Å²) in [5, 5.41) is 8.92. The lowest BCUT2D eigenvalue weighted by atomic mass is 10.1. The molecular formula is C15H15N3O2. The Morgan fingerprint density at radius 2 is 2.05 bits per heavy atom. The number of fused-ring (bicyclic) bond motifs is 1. The van der Waals surface area contributed by atoms with E-state index in [2.05, 4.69) is 16.0 Å². The minimum atomic E-state index is 0.472. The van der Waals surface area contributed by atoms with Crippen LogP contribution in [0.15, 0.2) is 24.5 Å². The zero-order valence-electron chi connectivity index (χ0n) is 11.1. The van der Waals surface area contributed by atoms with E-state index in [1.807, 2.05) is 18.2 Å². The number of imidazole rings is 1. The average Bonchev–Trinajstić information content (AvgIpc) is 2.81. The smallest absolute Gasteiger partial charge is 0.161 e. The van der Waals surface area contributed by atoms with Crippen molar-refractivity contribution in [3.05, 3.63) is 41.5 Å². The maximum Gasteiger partial charge on any atom is 0.161 e. The molecule has 1 aliphatic heterocycles. The van der Waals surface area contributed by atoms with E-state index in [1.165, 1.54) is 0 Å². The van der Waals surface area contributed by atoms with Gasteiger partial charge in [0.05, 0.1) is 25.2 Å². The van der Waals surface area contributed by atoms with Gasteiger partial charge in [-0.2, -0.15) is 5.26 Å². The monoisotopic (exact) mass is 269 g/mol. The molecule has 0 bridgehead atoms. The van der Waals surface area contributed by atoms with Crippen LogP contribution in [0, 0.1) is 11.3 Å². The second-order valence-electron chi connectivity index (χ2n) is 4.67. The Labute approximate surface area is 117 Å². The maximum absolute atomic E-state index is 8.92. The third kappa shape index (κ3) is 2.59. The molecule has 0 fully saturated rings. The molecule has 1 aromatic carbocycles. The number of nitrogens with one attached hydrogen (secondary N) is 1. The lowest BCUT2D eigenvalue weighted by Gasteiger charge is -2.09. The van der Waals surface area contributed by atoms with Crippen molar-refractivity contribution >= 4 is 0 Å². The fourth-order valence-electron chi connectivity index (χ4n) is 2.24. The predicted molar refractivity (Wildman–Crippen MR) is 72.8 cm³/mol. The summed E-state index contributed by atoms with van der Waals surface area (Å²) < 4.78 is 11.3. The van der Waals surface area contributed by atoms with Gasteiger partial charge in [0, 0.05) is 6.42 Å². The van der Waals surface area contributed by atoms with Crippen molar-refractivity contribution in [3.63, 3.8) is 0 Å². The van der Waals surface area contributed by atoms with E-state index in [-0.39, 0.29) is 0 Å². The number of aromatic nitrogens is 2. The molecule has 0 saturated heterocycles. The second-order valence-corrected chi connectivity index (χ2v) is 4.67. The molecule has 1 aromatic heterocycles. The van der Waals surface area contributed by atoms with Crippen LogP contribution in [0.3, 0.4) is 0 Å². The minimum Gasteiger partial charge on any atom is -0.490 e. The first-order valence-electron chi connectivity index (χ1n) is 6.67. The van der Waals surface area contributed by atoms with Gasteiger partial charge in [0.15, 0.2) is 17.2 Å². The first-order valence-corrected chi connectivity index (χ1v) is 6.67. The van der Waals surface area contributed by atoms with E-state index in [4.69, 9.17) is 14.7 Å². The molecule has 5 nitrogen and oxygen atoms in total. The Balaban J connectivity index is 1.72. The fourth-order valence-corrected chi connectivity index (χ4v) is 2.24. The summed E-state index contributed by atoms with van der Waals surface area (Å²) in [7, 11) is 0. The lowest BCUT2D eigenvalue weighted by molar-refractivity contribution is 0.297. The number of benzene rings is 1. The lowest BCUT2D eigenvalue weighted by Crippen LogP contribution is -1.97. The largest absolute Gasteiger partial charge is 0.490 e. The van der Waals surface area contributed by atoms with Crippen LogP contribution in [0.1, 0.15) is 23.4 Å². The summed E-state index contributed by atoms with van der Waals surface area (Å²) in [5.41, 5.74) is 2.51. The summed E-state index contributed by atoms with van der Waals surface area (Å²) in [5.74, 6) is 1.62. The van der Waals surface area contributed by atoms with E-state index in [0.29, 0.717) is 18.9 Å². The zero-order chi connectivity index (χ0) is 13.8. The Hall–Kier alpha value is -2.48. The quantitative estimate of drug-likeness (QED) is 0.927. The number of nitrogens with zero attached hydrogens (tertiary/aromatic N) is 2. The van der Waals surface area contributed by atoms with Crippen LogP contribution in [0.2, 0.25) is 0 Å². The van der Waals surface area contributed by atoms with Crippen LogP contribution in [0.5, 0.6) is 11.5 Å². The molecule has 1 N–H and O–H groups in total. The molecule has 2 heterocycles. The Bertz CT molecular complexity index is 643. The molecule has 5 heteroatoms. The standard InChI is InChI=1S/C15H15N3O2/c16-9-13-12(17-10-18-13)4-2-11-3-5-14-15(8-11)20-7-1-6-19-14/h3,5,8,10H,1-2,4,6-7H2,(H,17,18). The van der Waals surface area contributed by atoms with Crippen molar-refractivity contribution in [1.82, 2.24) is 9.97 Å². The summed E-state index contributed by atoms with van der Waals surface area (Å²) in [6.45, 7) is 1.39. The normalized spacial score (nSPS) is 13.6. The number of rotatable bonds is 3. The zero-order valence-corrected chi connectivity index (χ0v) is 11.1. The Kier molecular flexibility index (Phi) is 3.55. The van der Waals surface area contributed by atoms with Gasteiger partial charge in [-0.15, -0.1) is 0 Å². The van der Waals surface area contributed by atoms with Crippen molar-refractivity contribution in [3.8, 4) is 17.6 Å². The minimum absolute atomic E-state index is 0.472. The molecular weight excluding hydrogens is 254 g/mol. The van der Waals surface area contributed by atoms with E-state index < -0.39 is 0 Å². The summed E-state index contributed by atoms with van der Waals surface area (Å²) in [6.07, 6.45) is 4.04. The van der Waals surface area contributed by atoms with Gasteiger partial charge in [-0.05, 0) is 30.5 Å². The van der Waals surface area contributed by atoms with Crippen LogP contribution < -0.4 is 9.47 Å². The number of ether oxygens (including phenoxy) is 2. The number of hydrogen-bond donors (Lipinski definition) is 1. The molecule has 0 amide bonds. The van der Waals surface area contributed by atoms with E-state index in [1.54, 1.807) is 6.33 Å². The topological polar surface area (TPSA) is 70.9 Å². The number of aromatic amines is 1. The van der Waals surface area contributed by atoms with E-state index in [0.717, 1.165) is 42.0 Å². The van der Waals surface area contributed by atoms with Gasteiger partial charge in [0.2, 0.25) is 0 Å². The number of H-pyrrole nitrogens is 1. The van der Waals surface area contributed by atoms with Crippen LogP contribution in [-0.4, -0.2) is 23.2 Å². The molecule has 0 aliphatic carbocycles. The highest BCUT2D eigenvalue weighted by Crippen LogP contribution is 2.30. The predicted octanol–water partition coefficient (Wildman–Crippen LogP) is 2.23.